The maximum absolute atomic E-state index is 11.8. The van der Waals surface area contributed by atoms with Crippen molar-refractivity contribution in [2.75, 3.05) is 6.54 Å². The number of nitrogens with zero attached hydrogens (tertiary/aromatic N) is 1. The van der Waals surface area contributed by atoms with Crippen molar-refractivity contribution < 1.29 is 4.79 Å². The van der Waals surface area contributed by atoms with Crippen LogP contribution in [0, 0.1) is 0 Å². The molecule has 2 aromatic rings. The number of hydrogen-bond donors (Lipinski definition) is 1. The van der Waals surface area contributed by atoms with E-state index < -0.39 is 0 Å². The number of aryl methyl sites for hydroxylation is 1. The largest absolute Gasteiger partial charge is 0.350 e. The minimum Gasteiger partial charge on any atom is -0.350 e. The average Bonchev–Trinajstić information content (AvgIpc) is 2.87. The molecule has 17 heavy (non-hydrogen) atoms. The molecule has 0 radical (unpaired) electrons. The standard InChI is InChI=1S/C12H13BrN2OS/c1-15-8-2-3-10(15)12(16)14-7-6-9-4-5-11(13)17-9/h2-5,8H,6-7H2,1H3,(H,14,16). The van der Waals surface area contributed by atoms with Crippen LogP contribution in [0.1, 0.15) is 15.4 Å². The predicted octanol–water partition coefficient (Wildman–Crippen LogP) is 2.82. The zero-order valence-electron chi connectivity index (χ0n) is 9.44. The van der Waals surface area contributed by atoms with E-state index in [9.17, 15) is 4.79 Å². The SMILES string of the molecule is Cn1cccc1C(=O)NCCc1ccc(Br)s1. The molecule has 2 heterocycles. The second-order valence-corrected chi connectivity index (χ2v) is 6.26. The van der Waals surface area contributed by atoms with Crippen LogP contribution in [0.15, 0.2) is 34.2 Å². The molecule has 1 amide bonds. The first-order valence-electron chi connectivity index (χ1n) is 5.30. The molecule has 0 atom stereocenters. The van der Waals surface area contributed by atoms with Crippen molar-refractivity contribution in [3.05, 3.63) is 44.8 Å². The van der Waals surface area contributed by atoms with E-state index in [1.54, 1.807) is 11.3 Å². The van der Waals surface area contributed by atoms with Crippen molar-refractivity contribution >= 4 is 33.2 Å². The molecule has 0 fully saturated rings. The summed E-state index contributed by atoms with van der Waals surface area (Å²) in [5, 5.41) is 2.92. The van der Waals surface area contributed by atoms with Gasteiger partial charge in [0.15, 0.2) is 0 Å². The number of rotatable bonds is 4. The monoisotopic (exact) mass is 312 g/mol. The van der Waals surface area contributed by atoms with E-state index in [1.165, 1.54) is 4.88 Å². The molecule has 0 aromatic carbocycles. The van der Waals surface area contributed by atoms with Gasteiger partial charge in [0.25, 0.3) is 5.91 Å². The van der Waals surface area contributed by atoms with Crippen LogP contribution >= 0.6 is 27.3 Å². The van der Waals surface area contributed by atoms with Gasteiger partial charge in [0.05, 0.1) is 3.79 Å². The Kier molecular flexibility index (Phi) is 4.02. The summed E-state index contributed by atoms with van der Waals surface area (Å²) in [5.74, 6) is -0.0203. The van der Waals surface area contributed by atoms with Gasteiger partial charge in [0.1, 0.15) is 5.69 Å². The molecule has 0 aliphatic carbocycles. The second kappa shape index (κ2) is 5.51. The van der Waals surface area contributed by atoms with Crippen LogP contribution < -0.4 is 5.32 Å². The van der Waals surface area contributed by atoms with Gasteiger partial charge in [-0.2, -0.15) is 0 Å². The first-order valence-corrected chi connectivity index (χ1v) is 6.91. The number of aromatic nitrogens is 1. The highest BCUT2D eigenvalue weighted by Crippen LogP contribution is 2.22. The maximum atomic E-state index is 11.8. The van der Waals surface area contributed by atoms with Gasteiger partial charge in [0, 0.05) is 24.7 Å². The van der Waals surface area contributed by atoms with E-state index in [2.05, 4.69) is 27.3 Å². The normalized spacial score (nSPS) is 10.5. The van der Waals surface area contributed by atoms with Gasteiger partial charge >= 0.3 is 0 Å². The van der Waals surface area contributed by atoms with Gasteiger partial charge in [-0.15, -0.1) is 11.3 Å². The van der Waals surface area contributed by atoms with E-state index in [4.69, 9.17) is 0 Å². The molecule has 90 valence electrons. The molecule has 0 saturated carbocycles. The fourth-order valence-electron chi connectivity index (χ4n) is 1.57. The number of halogens is 1. The molecule has 0 aliphatic heterocycles. The molecule has 0 unspecified atom stereocenters. The highest BCUT2D eigenvalue weighted by atomic mass is 79.9. The van der Waals surface area contributed by atoms with Crippen LogP contribution in [0.5, 0.6) is 0 Å². The van der Waals surface area contributed by atoms with E-state index in [0.29, 0.717) is 12.2 Å². The number of carbonyl (C=O) groups is 1. The number of carbonyl (C=O) groups excluding carboxylic acids is 1. The Bertz CT molecular complexity index is 518. The van der Waals surface area contributed by atoms with Crippen molar-refractivity contribution in [1.29, 1.82) is 0 Å². The molecule has 1 N–H and O–H groups in total. The molecule has 0 bridgehead atoms. The highest BCUT2D eigenvalue weighted by molar-refractivity contribution is 9.11. The van der Waals surface area contributed by atoms with Crippen molar-refractivity contribution in [3.63, 3.8) is 0 Å². The third-order valence-electron chi connectivity index (χ3n) is 2.46. The van der Waals surface area contributed by atoms with E-state index in [-0.39, 0.29) is 5.91 Å². The molecule has 3 nitrogen and oxygen atoms in total. The quantitative estimate of drug-likeness (QED) is 0.925. The molecule has 0 aliphatic rings. The number of nitrogens with one attached hydrogen (secondary N) is 1. The van der Waals surface area contributed by atoms with Gasteiger partial charge in [0.2, 0.25) is 0 Å². The lowest BCUT2D eigenvalue weighted by Crippen LogP contribution is -2.27. The van der Waals surface area contributed by atoms with Crippen molar-refractivity contribution in [2.45, 2.75) is 6.42 Å². The topological polar surface area (TPSA) is 34.0 Å². The van der Waals surface area contributed by atoms with Crippen molar-refractivity contribution in [2.24, 2.45) is 7.05 Å². The zero-order chi connectivity index (χ0) is 12.3. The Morgan fingerprint density at radius 1 is 1.47 bits per heavy atom. The summed E-state index contributed by atoms with van der Waals surface area (Å²) < 4.78 is 2.94. The fourth-order valence-corrected chi connectivity index (χ4v) is 3.06. The fraction of sp³-hybridized carbons (Fsp3) is 0.250. The Morgan fingerprint density at radius 2 is 2.29 bits per heavy atom. The van der Waals surface area contributed by atoms with E-state index >= 15 is 0 Å². The first kappa shape index (κ1) is 12.4. The summed E-state index contributed by atoms with van der Waals surface area (Å²) in [5.41, 5.74) is 0.692. The molecule has 2 rings (SSSR count). The van der Waals surface area contributed by atoms with Crippen LogP contribution in [-0.2, 0) is 13.5 Å². The molecule has 0 spiro atoms. The van der Waals surface area contributed by atoms with Crippen LogP contribution in [0.2, 0.25) is 0 Å². The van der Waals surface area contributed by atoms with Gasteiger partial charge < -0.3 is 9.88 Å². The summed E-state index contributed by atoms with van der Waals surface area (Å²) in [6.45, 7) is 0.664. The van der Waals surface area contributed by atoms with Gasteiger partial charge in [-0.25, -0.2) is 0 Å². The molecular formula is C12H13BrN2OS. The average molecular weight is 313 g/mol. The maximum Gasteiger partial charge on any atom is 0.267 e. The van der Waals surface area contributed by atoms with Crippen molar-refractivity contribution in [1.82, 2.24) is 9.88 Å². The summed E-state index contributed by atoms with van der Waals surface area (Å²) in [7, 11) is 1.87. The molecular weight excluding hydrogens is 300 g/mol. The summed E-state index contributed by atoms with van der Waals surface area (Å²) in [6, 6.07) is 7.78. The van der Waals surface area contributed by atoms with Crippen LogP contribution in [-0.4, -0.2) is 17.0 Å². The summed E-state index contributed by atoms with van der Waals surface area (Å²) in [6.07, 6.45) is 2.73. The minimum absolute atomic E-state index is 0.0203. The third-order valence-corrected chi connectivity index (χ3v) is 4.15. The van der Waals surface area contributed by atoms with Gasteiger partial charge in [-0.3, -0.25) is 4.79 Å². The van der Waals surface area contributed by atoms with Gasteiger partial charge in [-0.1, -0.05) is 0 Å². The molecule has 0 saturated heterocycles. The molecule has 5 heteroatoms. The lowest BCUT2D eigenvalue weighted by molar-refractivity contribution is 0.0946. The minimum atomic E-state index is -0.0203. The van der Waals surface area contributed by atoms with Crippen LogP contribution in [0.4, 0.5) is 0 Å². The summed E-state index contributed by atoms with van der Waals surface area (Å²) in [4.78, 5) is 13.1. The number of amides is 1. The predicted molar refractivity (Wildman–Crippen MR) is 73.5 cm³/mol. The number of hydrogen-bond acceptors (Lipinski definition) is 2. The van der Waals surface area contributed by atoms with E-state index in [0.717, 1.165) is 10.2 Å². The Hall–Kier alpha value is -1.07. The summed E-state index contributed by atoms with van der Waals surface area (Å²) >= 11 is 5.12. The van der Waals surface area contributed by atoms with Crippen LogP contribution in [0.3, 0.4) is 0 Å². The Morgan fingerprint density at radius 3 is 2.88 bits per heavy atom. The smallest absolute Gasteiger partial charge is 0.267 e. The third kappa shape index (κ3) is 3.20. The molecule has 2 aromatic heterocycles. The van der Waals surface area contributed by atoms with Crippen LogP contribution in [0.25, 0.3) is 0 Å². The van der Waals surface area contributed by atoms with E-state index in [1.807, 2.05) is 36.0 Å². The second-order valence-electron chi connectivity index (χ2n) is 3.72. The Balaban J connectivity index is 1.83. The first-order chi connectivity index (χ1) is 8.16. The Labute approximate surface area is 113 Å². The lowest BCUT2D eigenvalue weighted by atomic mass is 10.3. The zero-order valence-corrected chi connectivity index (χ0v) is 11.8. The number of thiophene rings is 1. The highest BCUT2D eigenvalue weighted by Gasteiger charge is 2.07. The van der Waals surface area contributed by atoms with Crippen molar-refractivity contribution in [3.8, 4) is 0 Å². The van der Waals surface area contributed by atoms with Gasteiger partial charge in [-0.05, 0) is 46.6 Å². The lowest BCUT2D eigenvalue weighted by Gasteiger charge is -2.05.